The second kappa shape index (κ2) is 7.64. The van der Waals surface area contributed by atoms with Crippen molar-refractivity contribution in [3.8, 4) is 0 Å². The van der Waals surface area contributed by atoms with Crippen LogP contribution in [-0.2, 0) is 14.2 Å². The first kappa shape index (κ1) is 18.9. The quantitative estimate of drug-likeness (QED) is 0.442. The van der Waals surface area contributed by atoms with Crippen molar-refractivity contribution < 1.29 is 19.3 Å². The molecule has 2 aliphatic rings. The fraction of sp³-hybridized carbons (Fsp3) is 0.895. The third kappa shape index (κ3) is 3.98. The Morgan fingerprint density at radius 2 is 2.04 bits per heavy atom. The maximum atomic E-state index is 11.0. The number of hydrogen-bond acceptors (Lipinski definition) is 4. The monoisotopic (exact) mass is 326 g/mol. The van der Waals surface area contributed by atoms with Gasteiger partial charge in [0.15, 0.2) is 0 Å². The molecule has 0 spiro atoms. The van der Waals surface area contributed by atoms with Crippen LogP contribution in [0.4, 0.5) is 0 Å². The van der Waals surface area contributed by atoms with E-state index in [0.717, 1.165) is 32.1 Å². The minimum absolute atomic E-state index is 0.146. The van der Waals surface area contributed by atoms with E-state index in [-0.39, 0.29) is 18.3 Å². The summed E-state index contributed by atoms with van der Waals surface area (Å²) in [4.78, 5) is 0. The average Bonchev–Trinajstić information content (AvgIpc) is 2.46. The van der Waals surface area contributed by atoms with E-state index in [1.54, 1.807) is 7.11 Å². The van der Waals surface area contributed by atoms with E-state index in [1.807, 2.05) is 6.92 Å². The highest BCUT2D eigenvalue weighted by Crippen LogP contribution is 2.56. The van der Waals surface area contributed by atoms with Gasteiger partial charge >= 0.3 is 0 Å². The molecule has 4 nitrogen and oxygen atoms in total. The fourth-order valence-electron chi connectivity index (χ4n) is 4.80. The number of methoxy groups -OCH3 is 1. The molecular formula is C19H34O4. The first-order valence-electron chi connectivity index (χ1n) is 8.93. The third-order valence-corrected chi connectivity index (χ3v) is 5.89. The Hall–Kier alpha value is -0.420. The molecule has 2 saturated carbocycles. The molecule has 2 aliphatic carbocycles. The molecule has 2 rings (SSSR count). The van der Waals surface area contributed by atoms with Gasteiger partial charge in [0.05, 0.1) is 24.4 Å². The van der Waals surface area contributed by atoms with Crippen molar-refractivity contribution >= 4 is 0 Å². The van der Waals surface area contributed by atoms with E-state index in [9.17, 15) is 5.11 Å². The Balaban J connectivity index is 2.20. The smallest absolute Gasteiger partial charge is 0.147 e. The lowest BCUT2D eigenvalue weighted by Gasteiger charge is -2.58. The van der Waals surface area contributed by atoms with Crippen molar-refractivity contribution in [2.45, 2.75) is 64.1 Å². The lowest BCUT2D eigenvalue weighted by atomic mass is 9.54. The number of hydrogen-bond donors (Lipinski definition) is 1. The van der Waals surface area contributed by atoms with Crippen LogP contribution in [0.1, 0.15) is 52.9 Å². The normalized spacial score (nSPS) is 37.9. The molecule has 0 radical (unpaired) electrons. The molecule has 0 saturated heterocycles. The van der Waals surface area contributed by atoms with Gasteiger partial charge in [0.25, 0.3) is 0 Å². The summed E-state index contributed by atoms with van der Waals surface area (Å²) < 4.78 is 17.0. The van der Waals surface area contributed by atoms with Crippen LogP contribution in [-0.4, -0.2) is 43.4 Å². The van der Waals surface area contributed by atoms with Gasteiger partial charge in [-0.3, -0.25) is 0 Å². The summed E-state index contributed by atoms with van der Waals surface area (Å²) in [7, 11) is 1.66. The van der Waals surface area contributed by atoms with Crippen LogP contribution in [0.5, 0.6) is 0 Å². The molecule has 0 aromatic rings. The van der Waals surface area contributed by atoms with Crippen molar-refractivity contribution in [1.82, 2.24) is 0 Å². The molecule has 4 atom stereocenters. The molecule has 0 unspecified atom stereocenters. The highest BCUT2D eigenvalue weighted by atomic mass is 16.7. The molecule has 23 heavy (non-hydrogen) atoms. The zero-order valence-corrected chi connectivity index (χ0v) is 15.3. The predicted octanol–water partition coefficient (Wildman–Crippen LogP) is 3.54. The molecule has 0 bridgehead atoms. The summed E-state index contributed by atoms with van der Waals surface area (Å²) in [5.41, 5.74) is 0.221. The number of rotatable bonds is 7. The lowest BCUT2D eigenvalue weighted by molar-refractivity contribution is -0.255. The van der Waals surface area contributed by atoms with Gasteiger partial charge in [0.2, 0.25) is 0 Å². The first-order chi connectivity index (χ1) is 10.8. The maximum absolute atomic E-state index is 11.0. The van der Waals surface area contributed by atoms with Crippen LogP contribution in [0.2, 0.25) is 0 Å². The minimum Gasteiger partial charge on any atom is -0.390 e. The van der Waals surface area contributed by atoms with Gasteiger partial charge in [-0.05, 0) is 50.9 Å². The Bertz CT molecular complexity index is 404. The van der Waals surface area contributed by atoms with E-state index in [1.165, 1.54) is 5.57 Å². The van der Waals surface area contributed by atoms with Crippen LogP contribution in [0.3, 0.4) is 0 Å². The Morgan fingerprint density at radius 3 is 2.70 bits per heavy atom. The van der Waals surface area contributed by atoms with Crippen LogP contribution >= 0.6 is 0 Å². The summed E-state index contributed by atoms with van der Waals surface area (Å²) in [6.45, 7) is 12.1. The van der Waals surface area contributed by atoms with E-state index < -0.39 is 5.60 Å². The highest BCUT2D eigenvalue weighted by molar-refractivity contribution is 5.17. The molecule has 0 heterocycles. The van der Waals surface area contributed by atoms with Crippen molar-refractivity contribution in [3.05, 3.63) is 12.2 Å². The molecule has 0 aromatic heterocycles. The van der Waals surface area contributed by atoms with Crippen molar-refractivity contribution in [2.24, 2.45) is 17.8 Å². The average molecular weight is 326 g/mol. The summed E-state index contributed by atoms with van der Waals surface area (Å²) in [6.07, 6.45) is 4.62. The summed E-state index contributed by atoms with van der Waals surface area (Å²) in [5.74, 6) is 1.09. The van der Waals surface area contributed by atoms with Gasteiger partial charge in [-0.2, -0.15) is 0 Å². The zero-order chi connectivity index (χ0) is 17.1. The third-order valence-electron chi connectivity index (χ3n) is 5.89. The van der Waals surface area contributed by atoms with E-state index in [4.69, 9.17) is 14.2 Å². The summed E-state index contributed by atoms with van der Waals surface area (Å²) in [5, 5.41) is 11.0. The van der Waals surface area contributed by atoms with Crippen molar-refractivity contribution in [3.63, 3.8) is 0 Å². The Labute approximate surface area is 141 Å². The SMILES string of the molecule is C=C1CC[C@H]2[C@](OCOCCOC)(C1)[C@@H](C(C)C)CC[C@]2(C)O. The van der Waals surface area contributed by atoms with E-state index in [0.29, 0.717) is 25.0 Å². The van der Waals surface area contributed by atoms with Gasteiger partial charge in [0.1, 0.15) is 6.79 Å². The van der Waals surface area contributed by atoms with Crippen LogP contribution < -0.4 is 0 Å². The van der Waals surface area contributed by atoms with E-state index in [2.05, 4.69) is 20.4 Å². The van der Waals surface area contributed by atoms with Gasteiger partial charge in [0, 0.05) is 13.0 Å². The molecule has 134 valence electrons. The Morgan fingerprint density at radius 1 is 1.30 bits per heavy atom. The minimum atomic E-state index is -0.668. The molecule has 4 heteroatoms. The molecular weight excluding hydrogens is 292 g/mol. The van der Waals surface area contributed by atoms with Gasteiger partial charge < -0.3 is 19.3 Å². The summed E-state index contributed by atoms with van der Waals surface area (Å²) in [6, 6.07) is 0. The van der Waals surface area contributed by atoms with Crippen LogP contribution in [0.25, 0.3) is 0 Å². The molecule has 2 fully saturated rings. The second-order valence-corrected chi connectivity index (χ2v) is 7.88. The van der Waals surface area contributed by atoms with E-state index >= 15 is 0 Å². The molecule has 0 amide bonds. The Kier molecular flexibility index (Phi) is 6.28. The highest BCUT2D eigenvalue weighted by Gasteiger charge is 2.58. The zero-order valence-electron chi connectivity index (χ0n) is 15.3. The van der Waals surface area contributed by atoms with Crippen molar-refractivity contribution in [1.29, 1.82) is 0 Å². The molecule has 1 N–H and O–H groups in total. The van der Waals surface area contributed by atoms with Crippen LogP contribution in [0.15, 0.2) is 12.2 Å². The molecule has 0 aromatic carbocycles. The van der Waals surface area contributed by atoms with Gasteiger partial charge in [-0.1, -0.05) is 26.0 Å². The number of fused-ring (bicyclic) bond motifs is 1. The van der Waals surface area contributed by atoms with Gasteiger partial charge in [-0.15, -0.1) is 0 Å². The second-order valence-electron chi connectivity index (χ2n) is 7.88. The molecule has 0 aliphatic heterocycles. The summed E-state index contributed by atoms with van der Waals surface area (Å²) >= 11 is 0. The first-order valence-corrected chi connectivity index (χ1v) is 8.93. The number of aliphatic hydroxyl groups is 1. The largest absolute Gasteiger partial charge is 0.390 e. The topological polar surface area (TPSA) is 47.9 Å². The number of ether oxygens (including phenoxy) is 3. The van der Waals surface area contributed by atoms with Crippen LogP contribution in [0, 0.1) is 17.8 Å². The lowest BCUT2D eigenvalue weighted by Crippen LogP contribution is -2.62. The maximum Gasteiger partial charge on any atom is 0.147 e. The predicted molar refractivity (Wildman–Crippen MR) is 91.2 cm³/mol. The standard InChI is InChI=1S/C19H34O4/c1-14(2)16-8-9-18(4,20)17-7-6-15(3)12-19(16,17)23-13-22-11-10-21-5/h14,16-17,20H,3,6-13H2,1-2,4-5H3/t16-,17-,18+,19+/m1/s1. The van der Waals surface area contributed by atoms with Gasteiger partial charge in [-0.25, -0.2) is 0 Å². The fourth-order valence-corrected chi connectivity index (χ4v) is 4.80. The van der Waals surface area contributed by atoms with Crippen molar-refractivity contribution in [2.75, 3.05) is 27.1 Å².